The van der Waals surface area contributed by atoms with Gasteiger partial charge in [0.25, 0.3) is 0 Å². The third-order valence-electron chi connectivity index (χ3n) is 5.29. The molecule has 0 aliphatic heterocycles. The number of aliphatic hydroxyl groups is 1. The number of hydrogen-bond donors (Lipinski definition) is 2. The number of carboxylic acids is 1. The Bertz CT molecular complexity index is 618. The number of carbonyl (C=O) groups excluding carboxylic acids is 1. The molecule has 1 aromatic carbocycles. The zero-order valence-corrected chi connectivity index (χ0v) is 15.6. The molecule has 0 radical (unpaired) electrons. The van der Waals surface area contributed by atoms with E-state index >= 15 is 0 Å². The third-order valence-corrected chi connectivity index (χ3v) is 5.29. The Morgan fingerprint density at radius 2 is 1.85 bits per heavy atom. The highest BCUT2D eigenvalue weighted by molar-refractivity contribution is 5.84. The van der Waals surface area contributed by atoms with Crippen LogP contribution in [0.25, 0.3) is 6.08 Å². The molecule has 1 fully saturated rings. The normalized spacial score (nSPS) is 23.0. The van der Waals surface area contributed by atoms with Gasteiger partial charge in [0.2, 0.25) is 0 Å². The van der Waals surface area contributed by atoms with E-state index in [1.54, 1.807) is 0 Å². The molecule has 0 amide bonds. The van der Waals surface area contributed by atoms with Gasteiger partial charge in [0.05, 0.1) is 6.10 Å². The fourth-order valence-electron chi connectivity index (χ4n) is 3.67. The molecule has 1 aromatic rings. The van der Waals surface area contributed by atoms with E-state index in [9.17, 15) is 14.7 Å². The van der Waals surface area contributed by atoms with Crippen LogP contribution in [0.5, 0.6) is 0 Å². The molecule has 142 valence electrons. The van der Waals surface area contributed by atoms with Crippen LogP contribution < -0.4 is 0 Å². The van der Waals surface area contributed by atoms with Gasteiger partial charge >= 0.3 is 5.97 Å². The number of benzene rings is 1. The predicted molar refractivity (Wildman–Crippen MR) is 103 cm³/mol. The second-order valence-electron chi connectivity index (χ2n) is 7.22. The maximum Gasteiger partial charge on any atom is 0.303 e. The zero-order chi connectivity index (χ0) is 18.9. The number of Topliss-reactive ketones (excluding diaryl/α,β-unsaturated/α-hetero) is 1. The largest absolute Gasteiger partial charge is 0.481 e. The predicted octanol–water partition coefficient (Wildman–Crippen LogP) is 4.25. The maximum absolute atomic E-state index is 12.2. The SMILES string of the molecule is CCc1ccc(/C=C/C2C(O)CC(=O)C2CCCCCCC(=O)O)cc1. The van der Waals surface area contributed by atoms with E-state index in [4.69, 9.17) is 5.11 Å². The zero-order valence-electron chi connectivity index (χ0n) is 15.6. The van der Waals surface area contributed by atoms with Gasteiger partial charge in [-0.1, -0.05) is 62.6 Å². The van der Waals surface area contributed by atoms with Gasteiger partial charge in [0.1, 0.15) is 5.78 Å². The molecular formula is C22H30O4. The second-order valence-corrected chi connectivity index (χ2v) is 7.22. The smallest absolute Gasteiger partial charge is 0.303 e. The van der Waals surface area contributed by atoms with Gasteiger partial charge in [0, 0.05) is 24.7 Å². The summed E-state index contributed by atoms with van der Waals surface area (Å²) < 4.78 is 0. The Morgan fingerprint density at radius 3 is 2.50 bits per heavy atom. The Labute approximate surface area is 155 Å². The van der Waals surface area contributed by atoms with Gasteiger partial charge in [0.15, 0.2) is 0 Å². The number of aliphatic carboxylic acids is 1. The molecule has 4 nitrogen and oxygen atoms in total. The number of carboxylic acid groups (broad SMARTS) is 1. The summed E-state index contributed by atoms with van der Waals surface area (Å²) in [5, 5.41) is 18.9. The molecule has 1 saturated carbocycles. The topological polar surface area (TPSA) is 74.6 Å². The molecule has 3 atom stereocenters. The number of carbonyl (C=O) groups is 2. The molecular weight excluding hydrogens is 328 g/mol. The van der Waals surface area contributed by atoms with Gasteiger partial charge in [-0.2, -0.15) is 0 Å². The number of aliphatic hydroxyl groups excluding tert-OH is 1. The quantitative estimate of drug-likeness (QED) is 0.613. The molecule has 1 aliphatic rings. The minimum absolute atomic E-state index is 0.115. The highest BCUT2D eigenvalue weighted by atomic mass is 16.4. The van der Waals surface area contributed by atoms with E-state index in [-0.39, 0.29) is 30.5 Å². The van der Waals surface area contributed by atoms with Gasteiger partial charge in [-0.15, -0.1) is 0 Å². The lowest BCUT2D eigenvalue weighted by Crippen LogP contribution is -2.18. The van der Waals surface area contributed by atoms with Crippen molar-refractivity contribution in [2.24, 2.45) is 11.8 Å². The van der Waals surface area contributed by atoms with Crippen molar-refractivity contribution in [3.05, 3.63) is 41.5 Å². The summed E-state index contributed by atoms with van der Waals surface area (Å²) in [6.07, 6.45) is 9.04. The fourth-order valence-corrected chi connectivity index (χ4v) is 3.67. The summed E-state index contributed by atoms with van der Waals surface area (Å²) in [5.74, 6) is -0.835. The van der Waals surface area contributed by atoms with Crippen LogP contribution in [0.4, 0.5) is 0 Å². The van der Waals surface area contributed by atoms with E-state index in [0.717, 1.165) is 37.7 Å². The number of ketones is 1. The molecule has 0 bridgehead atoms. The van der Waals surface area contributed by atoms with E-state index in [1.165, 1.54) is 5.56 Å². The summed E-state index contributed by atoms with van der Waals surface area (Å²) in [5.41, 5.74) is 2.38. The number of hydrogen-bond acceptors (Lipinski definition) is 3. The van der Waals surface area contributed by atoms with Crippen molar-refractivity contribution in [2.75, 3.05) is 0 Å². The summed E-state index contributed by atoms with van der Waals surface area (Å²) in [7, 11) is 0. The van der Waals surface area contributed by atoms with Crippen molar-refractivity contribution in [3.8, 4) is 0 Å². The lowest BCUT2D eigenvalue weighted by Gasteiger charge is -2.17. The first-order chi connectivity index (χ1) is 12.5. The minimum atomic E-state index is -0.753. The summed E-state index contributed by atoms with van der Waals surface area (Å²) in [6.45, 7) is 2.12. The van der Waals surface area contributed by atoms with E-state index in [0.29, 0.717) is 6.42 Å². The molecule has 0 aromatic heterocycles. The van der Waals surface area contributed by atoms with Gasteiger partial charge in [-0.25, -0.2) is 0 Å². The third kappa shape index (κ3) is 6.10. The molecule has 2 rings (SSSR count). The van der Waals surface area contributed by atoms with E-state index in [2.05, 4.69) is 31.2 Å². The first-order valence-corrected chi connectivity index (χ1v) is 9.71. The van der Waals surface area contributed by atoms with Crippen LogP contribution in [0, 0.1) is 11.8 Å². The average Bonchev–Trinajstić information content (AvgIpc) is 2.89. The number of unbranched alkanes of at least 4 members (excludes halogenated alkanes) is 3. The highest BCUT2D eigenvalue weighted by Gasteiger charge is 2.39. The first kappa shape index (κ1) is 20.4. The first-order valence-electron chi connectivity index (χ1n) is 9.71. The van der Waals surface area contributed by atoms with Crippen molar-refractivity contribution in [1.82, 2.24) is 0 Å². The molecule has 2 N–H and O–H groups in total. The lowest BCUT2D eigenvalue weighted by molar-refractivity contribution is -0.137. The van der Waals surface area contributed by atoms with Crippen LogP contribution >= 0.6 is 0 Å². The Morgan fingerprint density at radius 1 is 1.15 bits per heavy atom. The van der Waals surface area contributed by atoms with Crippen molar-refractivity contribution in [3.63, 3.8) is 0 Å². The van der Waals surface area contributed by atoms with Crippen LogP contribution in [0.3, 0.4) is 0 Å². The Balaban J connectivity index is 1.86. The molecule has 0 heterocycles. The van der Waals surface area contributed by atoms with Gasteiger partial charge in [-0.05, 0) is 30.4 Å². The molecule has 4 heteroatoms. The lowest BCUT2D eigenvalue weighted by atomic mass is 9.88. The fraction of sp³-hybridized carbons (Fsp3) is 0.545. The molecule has 1 aliphatic carbocycles. The van der Waals surface area contributed by atoms with Crippen LogP contribution in [0.1, 0.15) is 63.0 Å². The Kier molecular flexibility index (Phi) is 8.05. The monoisotopic (exact) mass is 358 g/mol. The summed E-state index contributed by atoms with van der Waals surface area (Å²) in [6, 6.07) is 8.33. The van der Waals surface area contributed by atoms with Crippen molar-refractivity contribution < 1.29 is 19.8 Å². The van der Waals surface area contributed by atoms with Gasteiger partial charge in [-0.3, -0.25) is 9.59 Å². The molecule has 3 unspecified atom stereocenters. The highest BCUT2D eigenvalue weighted by Crippen LogP contribution is 2.34. The van der Waals surface area contributed by atoms with E-state index in [1.807, 2.05) is 12.2 Å². The minimum Gasteiger partial charge on any atom is -0.481 e. The molecule has 0 saturated heterocycles. The second kappa shape index (κ2) is 10.3. The maximum atomic E-state index is 12.2. The van der Waals surface area contributed by atoms with Gasteiger partial charge < -0.3 is 10.2 Å². The molecule has 0 spiro atoms. The summed E-state index contributed by atoms with van der Waals surface area (Å²) in [4.78, 5) is 22.7. The van der Waals surface area contributed by atoms with Crippen LogP contribution in [0.15, 0.2) is 30.3 Å². The van der Waals surface area contributed by atoms with Crippen LogP contribution in [-0.2, 0) is 16.0 Å². The number of aryl methyl sites for hydroxylation is 1. The van der Waals surface area contributed by atoms with Crippen molar-refractivity contribution >= 4 is 17.8 Å². The Hall–Kier alpha value is -1.94. The standard InChI is InChI=1S/C22H30O4/c1-2-16-9-11-17(12-10-16)13-14-19-18(20(23)15-21(19)24)7-5-3-4-6-8-22(25)26/h9-14,18-19,21,24H,2-8,15H2,1H3,(H,25,26)/b14-13+. The average molecular weight is 358 g/mol. The van der Waals surface area contributed by atoms with Crippen LogP contribution in [0.2, 0.25) is 0 Å². The van der Waals surface area contributed by atoms with E-state index < -0.39 is 12.1 Å². The van der Waals surface area contributed by atoms with Crippen molar-refractivity contribution in [2.45, 2.75) is 64.4 Å². The molecule has 26 heavy (non-hydrogen) atoms. The van der Waals surface area contributed by atoms with Crippen molar-refractivity contribution in [1.29, 1.82) is 0 Å². The van der Waals surface area contributed by atoms with Crippen LogP contribution in [-0.4, -0.2) is 28.1 Å². The summed E-state index contributed by atoms with van der Waals surface area (Å²) >= 11 is 0. The number of rotatable bonds is 10.